The quantitative estimate of drug-likeness (QED) is 0.153. The Labute approximate surface area is 333 Å². The molecule has 3 rings (SSSR count). The molecule has 1 aliphatic rings. The molecule has 4 amide bonds. The van der Waals surface area contributed by atoms with Crippen LogP contribution >= 0.6 is 11.3 Å². The molecule has 0 radical (unpaired) electrons. The Bertz CT molecular complexity index is 1500. The van der Waals surface area contributed by atoms with Gasteiger partial charge >= 0.3 is 0 Å². The Hall–Kier alpha value is -3.39. The van der Waals surface area contributed by atoms with Gasteiger partial charge in [0.25, 0.3) is 0 Å². The number of amides is 4. The van der Waals surface area contributed by atoms with E-state index in [4.69, 9.17) is 9.47 Å². The largest absolute Gasteiger partial charge is 0.379 e. The van der Waals surface area contributed by atoms with Crippen LogP contribution in [0.3, 0.4) is 0 Å². The van der Waals surface area contributed by atoms with Gasteiger partial charge in [0.1, 0.15) is 11.0 Å². The number of carbonyl (C=O) groups excluding carboxylic acids is 4. The zero-order chi connectivity index (χ0) is 41.0. The van der Waals surface area contributed by atoms with Gasteiger partial charge in [-0.15, -0.1) is 11.3 Å². The maximum absolute atomic E-state index is 14.3. The normalized spacial score (nSPS) is 18.7. The SMILES string of the molecule is CC[C@H](C)[C@@H]([C@@H](CC(=O)N1CCC[C@H]1[C@H](OC)[C@@H](C)C(=O)N[C@@H](Cc1ccccc1)c1nccs1)OC)N(C)C(=O)[C@@H](NC(=O)C(C)(C)NC(C)C)C(C)C. The number of rotatable bonds is 21. The highest BCUT2D eigenvalue weighted by Crippen LogP contribution is 2.30. The standard InChI is InChI=1S/C42H68N6O6S/c1-13-28(6)36(47(10)40(51)35(26(2)3)45-41(52)42(8,9)46-27(4)5)33(53-11)25-34(49)48-22-17-20-32(48)37(54-12)29(7)38(50)44-31(39-43-21-23-55-39)24-30-18-15-14-16-19-30/h14-16,18-19,21,23,26-29,31-33,35-37,46H,13,17,20,22,24-25H2,1-12H3,(H,44,50)(H,45,52)/t28-,29+,31-,32-,33+,35-,36-,37+/m0/s1. The van der Waals surface area contributed by atoms with Crippen molar-refractivity contribution in [2.45, 2.75) is 142 Å². The average molecular weight is 785 g/mol. The van der Waals surface area contributed by atoms with Crippen LogP contribution in [-0.2, 0) is 35.1 Å². The molecule has 0 bridgehead atoms. The summed E-state index contributed by atoms with van der Waals surface area (Å²) in [7, 11) is 4.91. The Morgan fingerprint density at radius 1 is 1.02 bits per heavy atom. The molecule has 12 nitrogen and oxygen atoms in total. The molecule has 8 atom stereocenters. The third-order valence-electron chi connectivity index (χ3n) is 11.0. The van der Waals surface area contributed by atoms with Crippen LogP contribution in [0.5, 0.6) is 0 Å². The molecule has 3 N–H and O–H groups in total. The molecule has 1 aromatic heterocycles. The van der Waals surface area contributed by atoms with Crippen LogP contribution in [0.2, 0.25) is 0 Å². The molecule has 1 saturated heterocycles. The molecule has 0 spiro atoms. The summed E-state index contributed by atoms with van der Waals surface area (Å²) < 4.78 is 12.1. The highest BCUT2D eigenvalue weighted by molar-refractivity contribution is 7.09. The molecule has 308 valence electrons. The van der Waals surface area contributed by atoms with Crippen LogP contribution in [0.1, 0.15) is 105 Å². The first-order valence-corrected chi connectivity index (χ1v) is 20.8. The fraction of sp³-hybridized carbons (Fsp3) is 0.690. The van der Waals surface area contributed by atoms with E-state index in [1.165, 1.54) is 11.3 Å². The van der Waals surface area contributed by atoms with Gasteiger partial charge in [-0.3, -0.25) is 19.2 Å². The molecule has 13 heteroatoms. The topological polar surface area (TPSA) is 142 Å². The van der Waals surface area contributed by atoms with Gasteiger partial charge in [0.2, 0.25) is 23.6 Å². The van der Waals surface area contributed by atoms with Crippen molar-refractivity contribution in [2.75, 3.05) is 27.8 Å². The van der Waals surface area contributed by atoms with E-state index in [2.05, 4.69) is 34.8 Å². The number of methoxy groups -OCH3 is 2. The maximum Gasteiger partial charge on any atom is 0.245 e. The fourth-order valence-electron chi connectivity index (χ4n) is 7.91. The summed E-state index contributed by atoms with van der Waals surface area (Å²) in [4.78, 5) is 63.9. The summed E-state index contributed by atoms with van der Waals surface area (Å²) in [5, 5.41) is 12.3. The predicted molar refractivity (Wildman–Crippen MR) is 218 cm³/mol. The second-order valence-corrected chi connectivity index (χ2v) is 17.3. The first-order valence-electron chi connectivity index (χ1n) is 19.9. The predicted octanol–water partition coefficient (Wildman–Crippen LogP) is 5.38. The Kier molecular flexibility index (Phi) is 17.7. The lowest BCUT2D eigenvalue weighted by Crippen LogP contribution is -2.62. The van der Waals surface area contributed by atoms with E-state index >= 15 is 0 Å². The van der Waals surface area contributed by atoms with Gasteiger partial charge in [0, 0.05) is 45.4 Å². The van der Waals surface area contributed by atoms with Crippen molar-refractivity contribution < 1.29 is 28.7 Å². The van der Waals surface area contributed by atoms with Gasteiger partial charge in [0.15, 0.2) is 0 Å². The number of thiazole rings is 1. The Morgan fingerprint density at radius 2 is 1.69 bits per heavy atom. The minimum absolute atomic E-state index is 0.0132. The van der Waals surface area contributed by atoms with Gasteiger partial charge in [-0.25, -0.2) is 4.98 Å². The van der Waals surface area contributed by atoms with Crippen LogP contribution in [0, 0.1) is 17.8 Å². The molecule has 0 saturated carbocycles. The number of hydrogen-bond donors (Lipinski definition) is 3. The van der Waals surface area contributed by atoms with Crippen molar-refractivity contribution in [1.82, 2.24) is 30.7 Å². The fourth-order valence-corrected chi connectivity index (χ4v) is 8.60. The molecule has 0 unspecified atom stereocenters. The molecule has 1 aromatic carbocycles. The zero-order valence-corrected chi connectivity index (χ0v) is 36.1. The summed E-state index contributed by atoms with van der Waals surface area (Å²) in [6, 6.07) is 8.26. The number of carbonyl (C=O) groups is 4. The van der Waals surface area contributed by atoms with Crippen molar-refractivity contribution in [1.29, 1.82) is 0 Å². The van der Waals surface area contributed by atoms with E-state index in [0.29, 0.717) is 19.4 Å². The number of hydrogen-bond acceptors (Lipinski definition) is 9. The van der Waals surface area contributed by atoms with E-state index < -0.39 is 35.7 Å². The van der Waals surface area contributed by atoms with Crippen LogP contribution in [0.15, 0.2) is 41.9 Å². The van der Waals surface area contributed by atoms with Gasteiger partial charge < -0.3 is 35.2 Å². The second-order valence-electron chi connectivity index (χ2n) is 16.3. The summed E-state index contributed by atoms with van der Waals surface area (Å²) in [6.45, 7) is 17.9. The monoisotopic (exact) mass is 784 g/mol. The van der Waals surface area contributed by atoms with E-state index in [0.717, 1.165) is 23.4 Å². The Morgan fingerprint density at radius 3 is 2.24 bits per heavy atom. The summed E-state index contributed by atoms with van der Waals surface area (Å²) in [5.41, 5.74) is 0.211. The van der Waals surface area contributed by atoms with E-state index in [1.54, 1.807) is 46.2 Å². The van der Waals surface area contributed by atoms with Crippen molar-refractivity contribution in [3.63, 3.8) is 0 Å². The third kappa shape index (κ3) is 12.3. The molecular formula is C42H68N6O6S. The molecule has 1 fully saturated rings. The van der Waals surface area contributed by atoms with Crippen LogP contribution < -0.4 is 16.0 Å². The molecule has 2 aromatic rings. The van der Waals surface area contributed by atoms with Gasteiger partial charge in [-0.05, 0) is 64.4 Å². The highest BCUT2D eigenvalue weighted by atomic mass is 32.1. The van der Waals surface area contributed by atoms with Crippen molar-refractivity contribution in [3.05, 3.63) is 52.5 Å². The first-order chi connectivity index (χ1) is 26.0. The maximum atomic E-state index is 14.3. The smallest absolute Gasteiger partial charge is 0.245 e. The van der Waals surface area contributed by atoms with Crippen LogP contribution in [0.4, 0.5) is 0 Å². The lowest BCUT2D eigenvalue weighted by atomic mass is 9.89. The van der Waals surface area contributed by atoms with Crippen LogP contribution in [-0.4, -0.2) is 108 Å². The molecular weight excluding hydrogens is 717 g/mol. The summed E-state index contributed by atoms with van der Waals surface area (Å²) in [6.07, 6.45) is 3.46. The van der Waals surface area contributed by atoms with E-state index in [1.807, 2.05) is 75.2 Å². The number of ether oxygens (including phenoxy) is 2. The zero-order valence-electron chi connectivity index (χ0n) is 35.3. The molecule has 1 aliphatic heterocycles. The van der Waals surface area contributed by atoms with Crippen molar-refractivity contribution >= 4 is 35.0 Å². The number of nitrogens with zero attached hydrogens (tertiary/aromatic N) is 3. The number of aromatic nitrogens is 1. The van der Waals surface area contributed by atoms with E-state index in [9.17, 15) is 19.2 Å². The van der Waals surface area contributed by atoms with Gasteiger partial charge in [0.05, 0.1) is 48.2 Å². The van der Waals surface area contributed by atoms with E-state index in [-0.39, 0.29) is 60.0 Å². The minimum Gasteiger partial charge on any atom is -0.379 e. The number of likely N-dealkylation sites (N-methyl/N-ethyl adjacent to an activating group) is 1. The van der Waals surface area contributed by atoms with Crippen LogP contribution in [0.25, 0.3) is 0 Å². The van der Waals surface area contributed by atoms with Crippen molar-refractivity contribution in [2.24, 2.45) is 17.8 Å². The lowest BCUT2D eigenvalue weighted by molar-refractivity contribution is -0.148. The number of benzene rings is 1. The number of likely N-dealkylation sites (tertiary alicyclic amines) is 1. The van der Waals surface area contributed by atoms with Crippen molar-refractivity contribution in [3.8, 4) is 0 Å². The second kappa shape index (κ2) is 21.2. The summed E-state index contributed by atoms with van der Waals surface area (Å²) in [5.74, 6) is -1.51. The highest BCUT2D eigenvalue weighted by Gasteiger charge is 2.43. The first kappa shape index (κ1) is 46.0. The molecule has 55 heavy (non-hydrogen) atoms. The molecule has 0 aliphatic carbocycles. The summed E-state index contributed by atoms with van der Waals surface area (Å²) >= 11 is 1.51. The number of nitrogens with one attached hydrogen (secondary N) is 3. The minimum atomic E-state index is -0.882. The molecule has 2 heterocycles. The Balaban J connectivity index is 1.78. The van der Waals surface area contributed by atoms with Gasteiger partial charge in [-0.2, -0.15) is 0 Å². The third-order valence-corrected chi connectivity index (χ3v) is 11.9. The lowest BCUT2D eigenvalue weighted by Gasteiger charge is -2.41. The van der Waals surface area contributed by atoms with Gasteiger partial charge in [-0.1, -0.05) is 71.4 Å². The average Bonchev–Trinajstić information content (AvgIpc) is 3.86.